The number of anilines is 1. The smallest absolute Gasteiger partial charge is 0.134 e. The molecule has 1 unspecified atom stereocenters. The predicted octanol–water partition coefficient (Wildman–Crippen LogP) is 6.03. The monoisotopic (exact) mass is 443 g/mol. The van der Waals surface area contributed by atoms with E-state index >= 15 is 0 Å². The van der Waals surface area contributed by atoms with Crippen molar-refractivity contribution in [1.29, 1.82) is 5.41 Å². The number of benzene rings is 2. The molecule has 3 aromatic rings. The quantitative estimate of drug-likeness (QED) is 0.371. The second-order valence-electron chi connectivity index (χ2n) is 8.46. The van der Waals surface area contributed by atoms with Crippen LogP contribution in [0.4, 0.5) is 5.82 Å². The van der Waals surface area contributed by atoms with E-state index in [0.29, 0.717) is 5.71 Å². The number of piperidine rings is 1. The lowest BCUT2D eigenvalue weighted by Crippen LogP contribution is -2.32. The van der Waals surface area contributed by atoms with Crippen LogP contribution in [0.5, 0.6) is 11.5 Å². The highest BCUT2D eigenvalue weighted by Crippen LogP contribution is 2.34. The van der Waals surface area contributed by atoms with Gasteiger partial charge in [-0.3, -0.25) is 0 Å². The highest BCUT2D eigenvalue weighted by molar-refractivity contribution is 6.14. The van der Waals surface area contributed by atoms with Crippen LogP contribution in [0.1, 0.15) is 44.7 Å². The highest BCUT2D eigenvalue weighted by Gasteiger charge is 2.26. The average Bonchev–Trinajstić information content (AvgIpc) is 3.25. The lowest BCUT2D eigenvalue weighted by molar-refractivity contribution is 0.350. The Bertz CT molecular complexity index is 1110. The molecule has 1 atom stereocenters. The molecule has 6 nitrogen and oxygen atoms in total. The normalized spacial score (nSPS) is 16.5. The molecule has 0 aliphatic carbocycles. The maximum Gasteiger partial charge on any atom is 0.134 e. The molecule has 1 aliphatic heterocycles. The summed E-state index contributed by atoms with van der Waals surface area (Å²) >= 11 is 0. The van der Waals surface area contributed by atoms with E-state index < -0.39 is 0 Å². The van der Waals surface area contributed by atoms with Gasteiger partial charge in [0, 0.05) is 19.2 Å². The van der Waals surface area contributed by atoms with Crippen molar-refractivity contribution in [2.45, 2.75) is 39.2 Å². The number of aromatic nitrogens is 2. The lowest BCUT2D eigenvalue weighted by Gasteiger charge is -2.24. The fourth-order valence-corrected chi connectivity index (χ4v) is 4.16. The second kappa shape index (κ2) is 10.5. The van der Waals surface area contributed by atoms with Crippen LogP contribution in [0.3, 0.4) is 0 Å². The minimum Gasteiger partial charge on any atom is -0.457 e. The molecule has 0 spiro atoms. The van der Waals surface area contributed by atoms with E-state index in [-0.39, 0.29) is 6.04 Å². The molecule has 4 rings (SSSR count). The van der Waals surface area contributed by atoms with Gasteiger partial charge < -0.3 is 20.8 Å². The summed E-state index contributed by atoms with van der Waals surface area (Å²) in [6, 6.07) is 18.0. The summed E-state index contributed by atoms with van der Waals surface area (Å²) in [6.07, 6.45) is 5.07. The van der Waals surface area contributed by atoms with Gasteiger partial charge in [-0.25, -0.2) is 4.68 Å². The maximum absolute atomic E-state index is 8.91. The Labute approximate surface area is 196 Å². The molecule has 0 radical (unpaired) electrons. The van der Waals surface area contributed by atoms with Gasteiger partial charge in [-0.05, 0) is 75.2 Å². The van der Waals surface area contributed by atoms with E-state index in [1.807, 2.05) is 67.7 Å². The molecule has 172 valence electrons. The summed E-state index contributed by atoms with van der Waals surface area (Å²) in [5, 5.41) is 20.8. The van der Waals surface area contributed by atoms with Crippen LogP contribution in [0.25, 0.3) is 11.3 Å². The largest absolute Gasteiger partial charge is 0.457 e. The first-order valence-corrected chi connectivity index (χ1v) is 11.7. The van der Waals surface area contributed by atoms with Gasteiger partial charge in [-0.15, -0.1) is 0 Å². The number of hydrogen-bond donors (Lipinski definition) is 3. The second-order valence-corrected chi connectivity index (χ2v) is 8.46. The van der Waals surface area contributed by atoms with Gasteiger partial charge in [0.15, 0.2) is 0 Å². The summed E-state index contributed by atoms with van der Waals surface area (Å²) < 4.78 is 8.04. The van der Waals surface area contributed by atoms with Gasteiger partial charge >= 0.3 is 0 Å². The molecule has 0 bridgehead atoms. The summed E-state index contributed by atoms with van der Waals surface area (Å²) in [4.78, 5) is 0. The van der Waals surface area contributed by atoms with Crippen LogP contribution < -0.4 is 15.4 Å². The summed E-state index contributed by atoms with van der Waals surface area (Å²) in [5.41, 5.74) is 4.28. The topological polar surface area (TPSA) is 75.0 Å². The van der Waals surface area contributed by atoms with Crippen molar-refractivity contribution in [3.8, 4) is 22.8 Å². The minimum absolute atomic E-state index is 0.262. The van der Waals surface area contributed by atoms with Crippen LogP contribution in [-0.2, 0) is 0 Å². The van der Waals surface area contributed by atoms with Crippen molar-refractivity contribution < 1.29 is 4.74 Å². The van der Waals surface area contributed by atoms with Crippen LogP contribution in [0, 0.1) is 5.41 Å². The van der Waals surface area contributed by atoms with Crippen LogP contribution in [0.15, 0.2) is 66.2 Å². The van der Waals surface area contributed by atoms with Crippen molar-refractivity contribution in [3.05, 3.63) is 71.8 Å². The van der Waals surface area contributed by atoms with E-state index in [4.69, 9.17) is 15.2 Å². The van der Waals surface area contributed by atoms with Crippen molar-refractivity contribution in [2.75, 3.05) is 25.5 Å². The number of rotatable bonds is 8. The van der Waals surface area contributed by atoms with Gasteiger partial charge in [-0.1, -0.05) is 30.7 Å². The number of hydrogen-bond acceptors (Lipinski definition) is 5. The first-order chi connectivity index (χ1) is 16.1. The number of nitrogens with zero attached hydrogens (tertiary/aromatic N) is 2. The van der Waals surface area contributed by atoms with Gasteiger partial charge in [0.05, 0.1) is 17.3 Å². The van der Waals surface area contributed by atoms with E-state index in [9.17, 15) is 0 Å². The van der Waals surface area contributed by atoms with E-state index in [1.165, 1.54) is 5.57 Å². The molecule has 1 aromatic heterocycles. The van der Waals surface area contributed by atoms with Gasteiger partial charge in [0.2, 0.25) is 0 Å². The Hall–Kier alpha value is -3.38. The Balaban J connectivity index is 1.74. The Morgan fingerprint density at radius 1 is 1.18 bits per heavy atom. The zero-order chi connectivity index (χ0) is 23.2. The third kappa shape index (κ3) is 5.17. The molecule has 0 saturated carbocycles. The molecule has 1 fully saturated rings. The van der Waals surface area contributed by atoms with Crippen LogP contribution >= 0.6 is 0 Å². The number of ether oxygens (including phenoxy) is 1. The van der Waals surface area contributed by atoms with Crippen LogP contribution in [0.2, 0.25) is 0 Å². The first-order valence-electron chi connectivity index (χ1n) is 11.7. The molecule has 2 aromatic carbocycles. The van der Waals surface area contributed by atoms with Crippen molar-refractivity contribution in [1.82, 2.24) is 15.1 Å². The molecule has 1 saturated heterocycles. The SMILES string of the molecule is CCC(C)=CC(=N)c1c(-c2ccc(Oc3ccccc3)cc2)nn(C2CCCNC2)c1NC. The maximum atomic E-state index is 8.91. The van der Waals surface area contributed by atoms with E-state index in [1.54, 1.807) is 0 Å². The molecule has 0 amide bonds. The predicted molar refractivity (Wildman–Crippen MR) is 136 cm³/mol. The number of nitrogens with one attached hydrogen (secondary N) is 3. The van der Waals surface area contributed by atoms with Gasteiger partial charge in [-0.2, -0.15) is 5.10 Å². The third-order valence-corrected chi connectivity index (χ3v) is 6.09. The van der Waals surface area contributed by atoms with E-state index in [2.05, 4.69) is 29.2 Å². The molecular weight excluding hydrogens is 410 g/mol. The zero-order valence-electron chi connectivity index (χ0n) is 19.7. The molecule has 1 aliphatic rings. The first kappa shape index (κ1) is 22.8. The summed E-state index contributed by atoms with van der Waals surface area (Å²) in [5.74, 6) is 2.47. The molecule has 2 heterocycles. The number of para-hydroxylation sites is 1. The molecule has 33 heavy (non-hydrogen) atoms. The lowest BCUT2D eigenvalue weighted by atomic mass is 10.0. The molecular formula is C27H33N5O. The van der Waals surface area contributed by atoms with E-state index in [0.717, 1.165) is 66.5 Å². The number of allylic oxidation sites excluding steroid dienone is 2. The van der Waals surface area contributed by atoms with Crippen LogP contribution in [-0.4, -0.2) is 35.6 Å². The summed E-state index contributed by atoms with van der Waals surface area (Å²) in [6.45, 7) is 6.11. The minimum atomic E-state index is 0.262. The Kier molecular flexibility index (Phi) is 7.25. The fraction of sp³-hybridized carbons (Fsp3) is 0.333. The standard InChI is InChI=1S/C27H33N5O/c1-4-19(2)17-24(28)25-26(31-32(27(25)29-3)21-9-8-16-30-18-21)20-12-14-23(15-13-20)33-22-10-6-5-7-11-22/h5-7,10-15,17,21,28-30H,4,8-9,16,18H2,1-3H3. The molecule has 3 N–H and O–H groups in total. The van der Waals surface area contributed by atoms with Crippen molar-refractivity contribution in [3.63, 3.8) is 0 Å². The average molecular weight is 444 g/mol. The third-order valence-electron chi connectivity index (χ3n) is 6.09. The highest BCUT2D eigenvalue weighted by atomic mass is 16.5. The molecule has 6 heteroatoms. The van der Waals surface area contributed by atoms with Crippen molar-refractivity contribution >= 4 is 11.5 Å². The van der Waals surface area contributed by atoms with Gasteiger partial charge in [0.1, 0.15) is 23.0 Å². The van der Waals surface area contributed by atoms with Crippen molar-refractivity contribution in [2.24, 2.45) is 0 Å². The zero-order valence-corrected chi connectivity index (χ0v) is 19.7. The Morgan fingerprint density at radius 2 is 1.91 bits per heavy atom. The van der Waals surface area contributed by atoms with Gasteiger partial charge in [0.25, 0.3) is 0 Å². The summed E-state index contributed by atoms with van der Waals surface area (Å²) in [7, 11) is 1.91. The Morgan fingerprint density at radius 3 is 2.55 bits per heavy atom. The fourth-order valence-electron chi connectivity index (χ4n) is 4.16.